The molecule has 110 valence electrons. The highest BCUT2D eigenvalue weighted by molar-refractivity contribution is 5.72. The Bertz CT molecular complexity index is 584. The van der Waals surface area contributed by atoms with E-state index in [-0.39, 0.29) is 5.76 Å². The first-order valence-electron chi connectivity index (χ1n) is 7.27. The SMILES string of the molecule is CCN(CC)CCNCCn1c(=O)oc2ccccc21. The summed E-state index contributed by atoms with van der Waals surface area (Å²) in [6.07, 6.45) is 0. The number of aromatic nitrogens is 1. The summed E-state index contributed by atoms with van der Waals surface area (Å²) in [4.78, 5) is 14.1. The second kappa shape index (κ2) is 7.26. The van der Waals surface area contributed by atoms with Crippen molar-refractivity contribution in [3.63, 3.8) is 0 Å². The van der Waals surface area contributed by atoms with Gasteiger partial charge in [0, 0.05) is 26.2 Å². The van der Waals surface area contributed by atoms with Crippen LogP contribution in [0.4, 0.5) is 0 Å². The van der Waals surface area contributed by atoms with Crippen molar-refractivity contribution in [2.75, 3.05) is 32.7 Å². The number of likely N-dealkylation sites (N-methyl/N-ethyl adjacent to an activating group) is 1. The average Bonchev–Trinajstić information content (AvgIpc) is 2.79. The van der Waals surface area contributed by atoms with Gasteiger partial charge in [0.05, 0.1) is 5.52 Å². The maximum Gasteiger partial charge on any atom is 0.419 e. The molecule has 1 aromatic carbocycles. The van der Waals surface area contributed by atoms with Crippen LogP contribution >= 0.6 is 0 Å². The molecule has 2 aromatic rings. The number of fused-ring (bicyclic) bond motifs is 1. The highest BCUT2D eigenvalue weighted by Gasteiger charge is 2.07. The summed E-state index contributed by atoms with van der Waals surface area (Å²) in [7, 11) is 0. The summed E-state index contributed by atoms with van der Waals surface area (Å²) < 4.78 is 6.88. The molecule has 5 nitrogen and oxygen atoms in total. The Morgan fingerprint density at radius 3 is 2.70 bits per heavy atom. The molecule has 20 heavy (non-hydrogen) atoms. The van der Waals surface area contributed by atoms with E-state index in [1.54, 1.807) is 4.57 Å². The monoisotopic (exact) mass is 277 g/mol. The molecule has 0 atom stereocenters. The zero-order valence-corrected chi connectivity index (χ0v) is 12.3. The normalized spacial score (nSPS) is 11.6. The number of oxazole rings is 1. The molecule has 0 bridgehead atoms. The number of para-hydroxylation sites is 2. The number of nitrogens with one attached hydrogen (secondary N) is 1. The number of rotatable bonds is 8. The van der Waals surface area contributed by atoms with Crippen LogP contribution in [0.25, 0.3) is 11.1 Å². The lowest BCUT2D eigenvalue weighted by atomic mass is 10.3. The van der Waals surface area contributed by atoms with E-state index in [0.29, 0.717) is 12.1 Å². The minimum Gasteiger partial charge on any atom is -0.408 e. The summed E-state index contributed by atoms with van der Waals surface area (Å²) in [5.41, 5.74) is 1.52. The average molecular weight is 277 g/mol. The maximum absolute atomic E-state index is 11.8. The molecule has 0 aliphatic rings. The van der Waals surface area contributed by atoms with Crippen molar-refractivity contribution in [1.29, 1.82) is 0 Å². The molecule has 0 radical (unpaired) electrons. The van der Waals surface area contributed by atoms with Crippen LogP contribution < -0.4 is 11.1 Å². The van der Waals surface area contributed by atoms with Gasteiger partial charge in [0.1, 0.15) is 0 Å². The molecule has 0 aliphatic heterocycles. The number of nitrogens with zero attached hydrogens (tertiary/aromatic N) is 2. The lowest BCUT2D eigenvalue weighted by Crippen LogP contribution is -2.33. The smallest absolute Gasteiger partial charge is 0.408 e. The minimum absolute atomic E-state index is 0.281. The van der Waals surface area contributed by atoms with Gasteiger partial charge in [0.2, 0.25) is 0 Å². The van der Waals surface area contributed by atoms with E-state index in [2.05, 4.69) is 24.1 Å². The molecular weight excluding hydrogens is 254 g/mol. The second-order valence-corrected chi connectivity index (χ2v) is 4.76. The van der Waals surface area contributed by atoms with Gasteiger partial charge < -0.3 is 14.6 Å². The second-order valence-electron chi connectivity index (χ2n) is 4.76. The molecule has 0 unspecified atom stereocenters. The van der Waals surface area contributed by atoms with Gasteiger partial charge in [-0.1, -0.05) is 26.0 Å². The van der Waals surface area contributed by atoms with Crippen LogP contribution in [0.15, 0.2) is 33.5 Å². The molecule has 1 N–H and O–H groups in total. The van der Waals surface area contributed by atoms with Gasteiger partial charge in [0.15, 0.2) is 5.58 Å². The summed E-state index contributed by atoms with van der Waals surface area (Å²) >= 11 is 0. The number of benzene rings is 1. The molecule has 0 fully saturated rings. The van der Waals surface area contributed by atoms with Crippen molar-refractivity contribution >= 4 is 11.1 Å². The molecule has 1 heterocycles. The lowest BCUT2D eigenvalue weighted by Gasteiger charge is -2.17. The third-order valence-corrected chi connectivity index (χ3v) is 3.59. The standard InChI is InChI=1S/C15H23N3O2/c1-3-17(4-2)11-9-16-10-12-18-13-7-5-6-8-14(13)20-15(18)19/h5-8,16H,3-4,9-12H2,1-2H3. The molecular formula is C15H23N3O2. The Morgan fingerprint density at radius 2 is 1.95 bits per heavy atom. The first-order chi connectivity index (χ1) is 9.76. The van der Waals surface area contributed by atoms with Gasteiger partial charge in [-0.2, -0.15) is 0 Å². The topological polar surface area (TPSA) is 50.4 Å². The van der Waals surface area contributed by atoms with Crippen molar-refractivity contribution in [2.24, 2.45) is 0 Å². The van der Waals surface area contributed by atoms with E-state index in [4.69, 9.17) is 4.42 Å². The Balaban J connectivity index is 1.84. The maximum atomic E-state index is 11.8. The van der Waals surface area contributed by atoms with E-state index in [0.717, 1.165) is 38.2 Å². The summed E-state index contributed by atoms with van der Waals surface area (Å²) in [5.74, 6) is -0.281. The van der Waals surface area contributed by atoms with Gasteiger partial charge in [0.25, 0.3) is 0 Å². The Morgan fingerprint density at radius 1 is 1.20 bits per heavy atom. The molecule has 0 aliphatic carbocycles. The zero-order valence-electron chi connectivity index (χ0n) is 12.3. The van der Waals surface area contributed by atoms with Crippen molar-refractivity contribution < 1.29 is 4.42 Å². The van der Waals surface area contributed by atoms with E-state index >= 15 is 0 Å². The number of hydrogen-bond acceptors (Lipinski definition) is 4. The van der Waals surface area contributed by atoms with Crippen molar-refractivity contribution in [3.8, 4) is 0 Å². The van der Waals surface area contributed by atoms with E-state index in [1.165, 1.54) is 0 Å². The third-order valence-electron chi connectivity index (χ3n) is 3.59. The highest BCUT2D eigenvalue weighted by atomic mass is 16.4. The van der Waals surface area contributed by atoms with Crippen LogP contribution in [-0.2, 0) is 6.54 Å². The lowest BCUT2D eigenvalue weighted by molar-refractivity contribution is 0.301. The fourth-order valence-electron chi connectivity index (χ4n) is 2.32. The zero-order chi connectivity index (χ0) is 14.4. The van der Waals surface area contributed by atoms with Crippen LogP contribution in [0.1, 0.15) is 13.8 Å². The Labute approximate surface area is 119 Å². The predicted octanol–water partition coefficient (Wildman–Crippen LogP) is 1.53. The Hall–Kier alpha value is -1.59. The van der Waals surface area contributed by atoms with Crippen LogP contribution in [0.5, 0.6) is 0 Å². The largest absolute Gasteiger partial charge is 0.419 e. The van der Waals surface area contributed by atoms with Gasteiger partial charge in [-0.3, -0.25) is 4.57 Å². The third kappa shape index (κ3) is 3.49. The van der Waals surface area contributed by atoms with Crippen molar-refractivity contribution in [1.82, 2.24) is 14.8 Å². The van der Waals surface area contributed by atoms with Gasteiger partial charge in [-0.05, 0) is 25.2 Å². The van der Waals surface area contributed by atoms with E-state index < -0.39 is 0 Å². The molecule has 0 saturated heterocycles. The fraction of sp³-hybridized carbons (Fsp3) is 0.533. The van der Waals surface area contributed by atoms with Crippen LogP contribution in [-0.4, -0.2) is 42.2 Å². The van der Waals surface area contributed by atoms with Crippen LogP contribution in [0, 0.1) is 0 Å². The number of hydrogen-bond donors (Lipinski definition) is 1. The molecule has 0 amide bonds. The van der Waals surface area contributed by atoms with E-state index in [1.807, 2.05) is 24.3 Å². The molecule has 0 spiro atoms. The summed E-state index contributed by atoms with van der Waals surface area (Å²) in [5, 5.41) is 3.37. The molecule has 5 heteroatoms. The van der Waals surface area contributed by atoms with Crippen LogP contribution in [0.2, 0.25) is 0 Å². The highest BCUT2D eigenvalue weighted by Crippen LogP contribution is 2.10. The predicted molar refractivity (Wildman–Crippen MR) is 81.1 cm³/mol. The van der Waals surface area contributed by atoms with Crippen molar-refractivity contribution in [2.45, 2.75) is 20.4 Å². The molecule has 0 saturated carbocycles. The first-order valence-corrected chi connectivity index (χ1v) is 7.27. The first kappa shape index (κ1) is 14.8. The fourth-order valence-corrected chi connectivity index (χ4v) is 2.32. The minimum atomic E-state index is -0.281. The molecule has 2 rings (SSSR count). The summed E-state index contributed by atoms with van der Waals surface area (Å²) in [6, 6.07) is 7.52. The quantitative estimate of drug-likeness (QED) is 0.743. The van der Waals surface area contributed by atoms with Gasteiger partial charge in [-0.15, -0.1) is 0 Å². The summed E-state index contributed by atoms with van der Waals surface area (Å²) in [6.45, 7) is 9.86. The molecule has 1 aromatic heterocycles. The van der Waals surface area contributed by atoms with Crippen LogP contribution in [0.3, 0.4) is 0 Å². The van der Waals surface area contributed by atoms with Crippen molar-refractivity contribution in [3.05, 3.63) is 34.8 Å². The van der Waals surface area contributed by atoms with Gasteiger partial charge in [-0.25, -0.2) is 4.79 Å². The van der Waals surface area contributed by atoms with E-state index in [9.17, 15) is 4.79 Å². The Kier molecular flexibility index (Phi) is 5.38. The van der Waals surface area contributed by atoms with Gasteiger partial charge >= 0.3 is 5.76 Å².